The molecule has 0 saturated heterocycles. The zero-order chi connectivity index (χ0) is 13.0. The molecule has 17 heavy (non-hydrogen) atoms. The van der Waals surface area contributed by atoms with Crippen molar-refractivity contribution in [3.8, 4) is 0 Å². The molecule has 0 aromatic carbocycles. The number of aromatic nitrogens is 2. The van der Waals surface area contributed by atoms with Gasteiger partial charge in [-0.15, -0.1) is 0 Å². The highest BCUT2D eigenvalue weighted by Crippen LogP contribution is 2.23. The number of carbonyl (C=O) groups is 1. The Morgan fingerprint density at radius 3 is 2.76 bits per heavy atom. The van der Waals surface area contributed by atoms with Crippen molar-refractivity contribution in [2.45, 2.75) is 39.0 Å². The smallest absolute Gasteiger partial charge is 0.341 e. The van der Waals surface area contributed by atoms with Crippen LogP contribution in [0, 0.1) is 6.92 Å². The average Bonchev–Trinajstić information content (AvgIpc) is 2.69. The van der Waals surface area contributed by atoms with Crippen LogP contribution in [0.2, 0.25) is 0 Å². The van der Waals surface area contributed by atoms with Gasteiger partial charge in [0.2, 0.25) is 0 Å². The zero-order valence-corrected chi connectivity index (χ0v) is 11.9. The molecule has 0 saturated carbocycles. The molecule has 0 aliphatic carbocycles. The lowest BCUT2D eigenvalue weighted by Crippen LogP contribution is -2.18. The highest BCUT2D eigenvalue weighted by Gasteiger charge is 2.20. The van der Waals surface area contributed by atoms with Gasteiger partial charge in [-0.2, -0.15) is 16.9 Å². The number of ether oxygens (including phenoxy) is 1. The first kappa shape index (κ1) is 14.1. The van der Waals surface area contributed by atoms with Crippen LogP contribution in [-0.4, -0.2) is 33.9 Å². The fourth-order valence-corrected chi connectivity index (χ4v) is 2.15. The molecule has 0 aliphatic rings. The van der Waals surface area contributed by atoms with E-state index in [-0.39, 0.29) is 12.0 Å². The van der Waals surface area contributed by atoms with E-state index >= 15 is 0 Å². The van der Waals surface area contributed by atoms with Crippen molar-refractivity contribution in [3.05, 3.63) is 17.5 Å². The first-order valence-electron chi connectivity index (χ1n) is 5.76. The van der Waals surface area contributed by atoms with Gasteiger partial charge >= 0.3 is 5.97 Å². The Kier molecular flexibility index (Phi) is 5.05. The molecular weight excluding hydrogens is 236 g/mol. The van der Waals surface area contributed by atoms with E-state index in [0.29, 0.717) is 17.4 Å². The number of esters is 1. The van der Waals surface area contributed by atoms with Crippen LogP contribution in [0.5, 0.6) is 0 Å². The number of nitrogens with zero attached hydrogens (tertiary/aromatic N) is 2. The van der Waals surface area contributed by atoms with E-state index in [4.69, 9.17) is 4.74 Å². The van der Waals surface area contributed by atoms with Gasteiger partial charge in [0.15, 0.2) is 0 Å². The summed E-state index contributed by atoms with van der Waals surface area (Å²) in [6, 6.07) is 0.258. The Bertz CT molecular complexity index is 390. The maximum Gasteiger partial charge on any atom is 0.341 e. The van der Waals surface area contributed by atoms with Crippen molar-refractivity contribution in [1.82, 2.24) is 9.78 Å². The van der Waals surface area contributed by atoms with Crippen LogP contribution in [0.25, 0.3) is 0 Å². The van der Waals surface area contributed by atoms with E-state index in [9.17, 15) is 4.79 Å². The molecule has 1 heterocycles. The summed E-state index contributed by atoms with van der Waals surface area (Å²) >= 11 is 1.79. The molecule has 0 amide bonds. The summed E-state index contributed by atoms with van der Waals surface area (Å²) in [6.45, 7) is 8.36. The standard InChI is InChI=1S/C12H20N2O2S/c1-6-16-12(15)11-7-13-14(9(11)3)8(2)10(4)17-5/h7-8,10H,6H2,1-5H3. The van der Waals surface area contributed by atoms with Gasteiger partial charge < -0.3 is 4.74 Å². The molecule has 1 rings (SSSR count). The molecule has 0 aliphatic heterocycles. The van der Waals surface area contributed by atoms with Crippen LogP contribution < -0.4 is 0 Å². The Hall–Kier alpha value is -0.970. The molecule has 0 fully saturated rings. The minimum atomic E-state index is -0.291. The number of carbonyl (C=O) groups excluding carboxylic acids is 1. The fraction of sp³-hybridized carbons (Fsp3) is 0.667. The van der Waals surface area contributed by atoms with Gasteiger partial charge in [-0.05, 0) is 27.0 Å². The van der Waals surface area contributed by atoms with E-state index in [1.54, 1.807) is 24.9 Å². The van der Waals surface area contributed by atoms with Crippen molar-refractivity contribution in [3.63, 3.8) is 0 Å². The molecular formula is C12H20N2O2S. The Balaban J connectivity index is 2.94. The molecule has 2 atom stereocenters. The fourth-order valence-electron chi connectivity index (χ4n) is 1.64. The summed E-state index contributed by atoms with van der Waals surface area (Å²) in [5.41, 5.74) is 1.43. The summed E-state index contributed by atoms with van der Waals surface area (Å²) in [7, 11) is 0. The Labute approximate surface area is 107 Å². The lowest BCUT2D eigenvalue weighted by Gasteiger charge is -2.20. The van der Waals surface area contributed by atoms with E-state index in [1.165, 1.54) is 0 Å². The third kappa shape index (κ3) is 3.03. The normalized spacial score (nSPS) is 14.4. The van der Waals surface area contributed by atoms with E-state index in [1.807, 2.05) is 11.6 Å². The van der Waals surface area contributed by atoms with Crippen LogP contribution in [0.3, 0.4) is 0 Å². The van der Waals surface area contributed by atoms with Gasteiger partial charge in [0.1, 0.15) is 5.56 Å². The average molecular weight is 256 g/mol. The molecule has 5 heteroatoms. The minimum absolute atomic E-state index is 0.258. The van der Waals surface area contributed by atoms with E-state index in [0.717, 1.165) is 5.69 Å². The first-order valence-corrected chi connectivity index (χ1v) is 7.05. The second-order valence-corrected chi connectivity index (χ2v) is 5.21. The van der Waals surface area contributed by atoms with Crippen molar-refractivity contribution in [2.75, 3.05) is 12.9 Å². The van der Waals surface area contributed by atoms with Crippen molar-refractivity contribution >= 4 is 17.7 Å². The number of rotatable bonds is 5. The second kappa shape index (κ2) is 6.10. The Morgan fingerprint density at radius 1 is 1.59 bits per heavy atom. The molecule has 1 aromatic heterocycles. The molecule has 0 spiro atoms. The summed E-state index contributed by atoms with van der Waals surface area (Å²) in [5, 5.41) is 4.74. The molecule has 96 valence electrons. The van der Waals surface area contributed by atoms with Gasteiger partial charge in [-0.3, -0.25) is 4.68 Å². The van der Waals surface area contributed by atoms with Crippen LogP contribution in [0.15, 0.2) is 6.20 Å². The van der Waals surface area contributed by atoms with E-state index in [2.05, 4.69) is 25.2 Å². The predicted octanol–water partition coefficient (Wildman–Crippen LogP) is 2.68. The lowest BCUT2D eigenvalue weighted by atomic mass is 10.2. The SMILES string of the molecule is CCOC(=O)c1cnn(C(C)C(C)SC)c1C. The van der Waals surface area contributed by atoms with Gasteiger partial charge in [0, 0.05) is 5.25 Å². The van der Waals surface area contributed by atoms with Crippen molar-refractivity contribution < 1.29 is 9.53 Å². The second-order valence-electron chi connectivity index (χ2n) is 3.99. The summed E-state index contributed by atoms with van der Waals surface area (Å²) in [5.74, 6) is -0.291. The third-order valence-electron chi connectivity index (χ3n) is 2.98. The lowest BCUT2D eigenvalue weighted by molar-refractivity contribution is 0.0525. The van der Waals surface area contributed by atoms with Crippen molar-refractivity contribution in [1.29, 1.82) is 0 Å². The van der Waals surface area contributed by atoms with Crippen molar-refractivity contribution in [2.24, 2.45) is 0 Å². The molecule has 2 unspecified atom stereocenters. The molecule has 0 bridgehead atoms. The van der Waals surface area contributed by atoms with Gasteiger partial charge in [0.25, 0.3) is 0 Å². The minimum Gasteiger partial charge on any atom is -0.462 e. The van der Waals surface area contributed by atoms with Gasteiger partial charge in [-0.1, -0.05) is 6.92 Å². The first-order chi connectivity index (χ1) is 8.02. The molecule has 1 aromatic rings. The summed E-state index contributed by atoms with van der Waals surface area (Å²) in [6.07, 6.45) is 3.67. The monoisotopic (exact) mass is 256 g/mol. The topological polar surface area (TPSA) is 44.1 Å². The highest BCUT2D eigenvalue weighted by molar-refractivity contribution is 7.99. The summed E-state index contributed by atoms with van der Waals surface area (Å²) in [4.78, 5) is 11.7. The molecule has 4 nitrogen and oxygen atoms in total. The maximum atomic E-state index is 11.7. The van der Waals surface area contributed by atoms with Crippen LogP contribution in [0.1, 0.15) is 42.9 Å². The summed E-state index contributed by atoms with van der Waals surface area (Å²) < 4.78 is 6.89. The molecule has 0 radical (unpaired) electrons. The van der Waals surface area contributed by atoms with E-state index < -0.39 is 0 Å². The largest absolute Gasteiger partial charge is 0.462 e. The number of thioether (sulfide) groups is 1. The van der Waals surface area contributed by atoms with Crippen LogP contribution in [-0.2, 0) is 4.74 Å². The van der Waals surface area contributed by atoms with Crippen LogP contribution in [0.4, 0.5) is 0 Å². The quantitative estimate of drug-likeness (QED) is 0.760. The number of hydrogen-bond acceptors (Lipinski definition) is 4. The highest BCUT2D eigenvalue weighted by atomic mass is 32.2. The number of hydrogen-bond donors (Lipinski definition) is 0. The molecule has 0 N–H and O–H groups in total. The third-order valence-corrected chi connectivity index (χ3v) is 4.11. The predicted molar refractivity (Wildman–Crippen MR) is 70.6 cm³/mol. The van der Waals surface area contributed by atoms with Gasteiger partial charge in [-0.25, -0.2) is 4.79 Å². The van der Waals surface area contributed by atoms with Crippen LogP contribution >= 0.6 is 11.8 Å². The Morgan fingerprint density at radius 2 is 2.24 bits per heavy atom. The van der Waals surface area contributed by atoms with Gasteiger partial charge in [0.05, 0.1) is 24.5 Å². The maximum absolute atomic E-state index is 11.7. The zero-order valence-electron chi connectivity index (χ0n) is 11.1.